The van der Waals surface area contributed by atoms with E-state index in [0.29, 0.717) is 12.3 Å². The van der Waals surface area contributed by atoms with E-state index in [2.05, 4.69) is 19.1 Å². The molecule has 4 nitrogen and oxygen atoms in total. The normalized spacial score (nSPS) is 20.3. The number of carbonyl (C=O) groups excluding carboxylic acids is 1. The third-order valence-corrected chi connectivity index (χ3v) is 5.10. The van der Waals surface area contributed by atoms with Crippen LogP contribution in [0.1, 0.15) is 42.9 Å². The summed E-state index contributed by atoms with van der Waals surface area (Å²) in [6.45, 7) is 2.88. The number of rotatable bonds is 5. The van der Waals surface area contributed by atoms with Crippen LogP contribution in [0.4, 0.5) is 0 Å². The van der Waals surface area contributed by atoms with Crippen molar-refractivity contribution in [1.29, 1.82) is 0 Å². The fourth-order valence-corrected chi connectivity index (χ4v) is 3.62. The number of likely N-dealkylation sites (tertiary alicyclic amines) is 1. The van der Waals surface area contributed by atoms with Crippen molar-refractivity contribution in [3.8, 4) is 5.75 Å². The Morgan fingerprint density at radius 2 is 1.85 bits per heavy atom. The fraction of sp³-hybridized carbons (Fsp3) is 0.381. The van der Waals surface area contributed by atoms with Gasteiger partial charge in [0.25, 0.3) is 0 Å². The highest BCUT2D eigenvalue weighted by Crippen LogP contribution is 2.33. The molecule has 1 fully saturated rings. The predicted octanol–water partition coefficient (Wildman–Crippen LogP) is 3.91. The summed E-state index contributed by atoms with van der Waals surface area (Å²) in [5.74, 6) is 1.37. The molecule has 0 saturated carbocycles. The molecule has 0 spiro atoms. The Bertz CT molecular complexity index is 706. The van der Waals surface area contributed by atoms with Gasteiger partial charge in [0.1, 0.15) is 5.75 Å². The first-order valence-corrected chi connectivity index (χ1v) is 8.82. The third kappa shape index (κ3) is 4.57. The van der Waals surface area contributed by atoms with E-state index in [1.54, 1.807) is 7.11 Å². The number of hydrogen-bond acceptors (Lipinski definition) is 3. The number of hydrogen-bond donors (Lipinski definition) is 1. The molecular weight excluding hydrogens is 348 g/mol. The molecule has 26 heavy (non-hydrogen) atoms. The number of amides is 1. The predicted molar refractivity (Wildman–Crippen MR) is 107 cm³/mol. The zero-order valence-corrected chi connectivity index (χ0v) is 16.1. The third-order valence-electron chi connectivity index (χ3n) is 5.10. The molecule has 1 aliphatic heterocycles. The smallest absolute Gasteiger partial charge is 0.224 e. The van der Waals surface area contributed by atoms with E-state index in [4.69, 9.17) is 10.5 Å². The van der Waals surface area contributed by atoms with Gasteiger partial charge in [-0.1, -0.05) is 42.5 Å². The van der Waals surface area contributed by atoms with Gasteiger partial charge in [-0.25, -0.2) is 0 Å². The quantitative estimate of drug-likeness (QED) is 0.863. The van der Waals surface area contributed by atoms with E-state index >= 15 is 0 Å². The number of carbonyl (C=O) groups is 1. The van der Waals surface area contributed by atoms with Crippen molar-refractivity contribution in [1.82, 2.24) is 4.90 Å². The van der Waals surface area contributed by atoms with E-state index in [1.807, 2.05) is 47.4 Å². The Morgan fingerprint density at radius 1 is 1.19 bits per heavy atom. The lowest BCUT2D eigenvalue weighted by molar-refractivity contribution is -0.132. The second kappa shape index (κ2) is 9.06. The highest BCUT2D eigenvalue weighted by molar-refractivity contribution is 5.85. The molecule has 5 heteroatoms. The van der Waals surface area contributed by atoms with Gasteiger partial charge in [-0.2, -0.15) is 0 Å². The second-order valence-electron chi connectivity index (χ2n) is 6.82. The summed E-state index contributed by atoms with van der Waals surface area (Å²) in [5, 5.41) is 0. The highest BCUT2D eigenvalue weighted by Gasteiger charge is 2.33. The Balaban J connectivity index is 0.00000243. The van der Waals surface area contributed by atoms with Gasteiger partial charge in [-0.05, 0) is 36.6 Å². The minimum absolute atomic E-state index is 0. The van der Waals surface area contributed by atoms with E-state index < -0.39 is 0 Å². The molecule has 3 unspecified atom stereocenters. The van der Waals surface area contributed by atoms with Gasteiger partial charge in [0.15, 0.2) is 0 Å². The topological polar surface area (TPSA) is 55.6 Å². The van der Waals surface area contributed by atoms with Gasteiger partial charge in [0.2, 0.25) is 5.91 Å². The minimum atomic E-state index is -0.249. The maximum Gasteiger partial charge on any atom is 0.224 e. The van der Waals surface area contributed by atoms with Gasteiger partial charge in [0, 0.05) is 31.0 Å². The van der Waals surface area contributed by atoms with Crippen LogP contribution in [0.2, 0.25) is 0 Å². The SMILES string of the molecule is COc1ccc(C2CC(C)N(C(=O)CC(N)c3ccccc3)C2)cc1.Cl. The van der Waals surface area contributed by atoms with Crippen molar-refractivity contribution in [2.24, 2.45) is 5.73 Å². The maximum atomic E-state index is 12.7. The Morgan fingerprint density at radius 3 is 2.46 bits per heavy atom. The van der Waals surface area contributed by atoms with E-state index in [1.165, 1.54) is 5.56 Å². The number of benzene rings is 2. The van der Waals surface area contributed by atoms with Crippen molar-refractivity contribution in [2.45, 2.75) is 37.8 Å². The Kier molecular flexibility index (Phi) is 7.06. The Labute approximate surface area is 161 Å². The van der Waals surface area contributed by atoms with Crippen LogP contribution in [0.25, 0.3) is 0 Å². The largest absolute Gasteiger partial charge is 0.497 e. The van der Waals surface area contributed by atoms with E-state index in [0.717, 1.165) is 24.3 Å². The lowest BCUT2D eigenvalue weighted by Gasteiger charge is -2.23. The van der Waals surface area contributed by atoms with Gasteiger partial charge in [-0.15, -0.1) is 12.4 Å². The van der Waals surface area contributed by atoms with Gasteiger partial charge in [-0.3, -0.25) is 4.79 Å². The first kappa shape index (κ1) is 20.3. The van der Waals surface area contributed by atoms with Crippen molar-refractivity contribution in [3.05, 3.63) is 65.7 Å². The summed E-state index contributed by atoms with van der Waals surface area (Å²) < 4.78 is 5.22. The van der Waals surface area contributed by atoms with Crippen LogP contribution >= 0.6 is 12.4 Å². The van der Waals surface area contributed by atoms with Crippen LogP contribution in [-0.4, -0.2) is 30.5 Å². The number of nitrogens with two attached hydrogens (primary N) is 1. The van der Waals surface area contributed by atoms with Crippen molar-refractivity contribution in [2.75, 3.05) is 13.7 Å². The molecule has 2 N–H and O–H groups in total. The number of nitrogens with zero attached hydrogens (tertiary/aromatic N) is 1. The molecule has 1 saturated heterocycles. The van der Waals surface area contributed by atoms with Crippen LogP contribution in [0.3, 0.4) is 0 Å². The average molecular weight is 375 g/mol. The zero-order valence-electron chi connectivity index (χ0n) is 15.3. The van der Waals surface area contributed by atoms with Gasteiger partial charge >= 0.3 is 0 Å². The van der Waals surface area contributed by atoms with Gasteiger partial charge in [0.05, 0.1) is 7.11 Å². The molecule has 0 aliphatic carbocycles. The van der Waals surface area contributed by atoms with Gasteiger partial charge < -0.3 is 15.4 Å². The molecule has 2 aromatic carbocycles. The molecule has 0 radical (unpaired) electrons. The second-order valence-corrected chi connectivity index (χ2v) is 6.82. The van der Waals surface area contributed by atoms with E-state index in [-0.39, 0.29) is 30.4 Å². The maximum absolute atomic E-state index is 12.7. The molecule has 3 rings (SSSR count). The number of halogens is 1. The van der Waals surface area contributed by atoms with Crippen molar-refractivity contribution in [3.63, 3.8) is 0 Å². The average Bonchev–Trinajstić information content (AvgIpc) is 3.04. The molecule has 1 amide bonds. The number of methoxy groups -OCH3 is 1. The minimum Gasteiger partial charge on any atom is -0.497 e. The van der Waals surface area contributed by atoms with Crippen LogP contribution in [-0.2, 0) is 4.79 Å². The highest BCUT2D eigenvalue weighted by atomic mass is 35.5. The molecule has 0 aromatic heterocycles. The first-order chi connectivity index (χ1) is 12.1. The lowest BCUT2D eigenvalue weighted by atomic mass is 9.97. The fourth-order valence-electron chi connectivity index (χ4n) is 3.62. The zero-order chi connectivity index (χ0) is 17.8. The molecule has 140 valence electrons. The summed E-state index contributed by atoms with van der Waals surface area (Å²) in [6.07, 6.45) is 1.34. The summed E-state index contributed by atoms with van der Waals surface area (Å²) in [7, 11) is 1.67. The van der Waals surface area contributed by atoms with E-state index in [9.17, 15) is 4.79 Å². The summed E-state index contributed by atoms with van der Waals surface area (Å²) >= 11 is 0. The molecule has 0 bridgehead atoms. The monoisotopic (exact) mass is 374 g/mol. The molecule has 1 aliphatic rings. The molecule has 1 heterocycles. The lowest BCUT2D eigenvalue weighted by Crippen LogP contribution is -2.35. The van der Waals surface area contributed by atoms with Crippen LogP contribution in [0.15, 0.2) is 54.6 Å². The van der Waals surface area contributed by atoms with Crippen LogP contribution in [0, 0.1) is 0 Å². The van der Waals surface area contributed by atoms with Crippen LogP contribution < -0.4 is 10.5 Å². The summed E-state index contributed by atoms with van der Waals surface area (Å²) in [4.78, 5) is 14.7. The summed E-state index contributed by atoms with van der Waals surface area (Å²) in [5.41, 5.74) is 8.49. The molecular formula is C21H27ClN2O2. The first-order valence-electron chi connectivity index (χ1n) is 8.82. The van der Waals surface area contributed by atoms with Crippen LogP contribution in [0.5, 0.6) is 5.75 Å². The Hall–Kier alpha value is -2.04. The summed E-state index contributed by atoms with van der Waals surface area (Å²) in [6, 6.07) is 18.0. The van der Waals surface area contributed by atoms with Crippen molar-refractivity contribution < 1.29 is 9.53 Å². The molecule has 2 aromatic rings. The van der Waals surface area contributed by atoms with Crippen molar-refractivity contribution >= 4 is 18.3 Å². The number of ether oxygens (including phenoxy) is 1. The molecule has 3 atom stereocenters. The standard InChI is InChI=1S/C21H26N2O2.ClH/c1-15-12-18(16-8-10-19(25-2)11-9-16)14-23(15)21(24)13-20(22)17-6-4-3-5-7-17;/h3-11,15,18,20H,12-14,22H2,1-2H3;1H.